The van der Waals surface area contributed by atoms with E-state index in [1.165, 1.54) is 4.90 Å². The van der Waals surface area contributed by atoms with Crippen LogP contribution in [0.25, 0.3) is 0 Å². The molecule has 2 aromatic rings. The van der Waals surface area contributed by atoms with Gasteiger partial charge < -0.3 is 9.64 Å². The lowest BCUT2D eigenvalue weighted by molar-refractivity contribution is 0.0378. The van der Waals surface area contributed by atoms with E-state index >= 15 is 0 Å². The monoisotopic (exact) mass is 314 g/mol. The third kappa shape index (κ3) is 5.64. The first-order valence-corrected chi connectivity index (χ1v) is 7.52. The first-order valence-electron chi connectivity index (χ1n) is 7.52. The van der Waals surface area contributed by atoms with Crippen LogP contribution in [0.1, 0.15) is 11.1 Å². The number of amides is 2. The highest BCUT2D eigenvalue weighted by Crippen LogP contribution is 2.15. The van der Waals surface area contributed by atoms with Crippen molar-refractivity contribution < 1.29 is 14.4 Å². The molecule has 2 rings (SSSR count). The molecule has 0 fully saturated rings. The maximum absolute atomic E-state index is 11.9. The minimum atomic E-state index is -0.297. The normalized spacial score (nSPS) is 10.2. The lowest BCUT2D eigenvalue weighted by Gasteiger charge is -2.18. The van der Waals surface area contributed by atoms with Crippen LogP contribution in [0.3, 0.4) is 0 Å². The maximum Gasteiger partial charge on any atom is 0.341 e. The fourth-order valence-corrected chi connectivity index (χ4v) is 1.95. The van der Waals surface area contributed by atoms with Crippen LogP contribution in [0.15, 0.2) is 54.6 Å². The Morgan fingerprint density at radius 1 is 1.09 bits per heavy atom. The molecule has 1 N–H and O–H groups in total. The molecule has 0 atom stereocenters. The van der Waals surface area contributed by atoms with Gasteiger partial charge in [-0.15, -0.1) is 0 Å². The van der Waals surface area contributed by atoms with Crippen molar-refractivity contribution in [3.8, 4) is 5.75 Å². The average molecular weight is 314 g/mol. The number of aryl methyl sites for hydroxylation is 1. The zero-order chi connectivity index (χ0) is 16.5. The molecular weight excluding hydrogens is 292 g/mol. The fourth-order valence-electron chi connectivity index (χ4n) is 1.95. The number of para-hydroxylation sites is 1. The van der Waals surface area contributed by atoms with E-state index in [9.17, 15) is 4.79 Å². The summed E-state index contributed by atoms with van der Waals surface area (Å²) in [7, 11) is 1.70. The van der Waals surface area contributed by atoms with Crippen molar-refractivity contribution in [2.24, 2.45) is 0 Å². The molecule has 0 unspecified atom stereocenters. The quantitative estimate of drug-likeness (QED) is 0.799. The number of nitrogens with one attached hydrogen (secondary N) is 1. The van der Waals surface area contributed by atoms with Crippen molar-refractivity contribution in [3.63, 3.8) is 0 Å². The van der Waals surface area contributed by atoms with E-state index in [4.69, 9.17) is 9.57 Å². The number of likely N-dealkylation sites (N-methyl/N-ethyl adjacent to an activating group) is 1. The van der Waals surface area contributed by atoms with E-state index in [1.807, 2.05) is 61.5 Å². The smallest absolute Gasteiger partial charge is 0.341 e. The maximum atomic E-state index is 11.9. The average Bonchev–Trinajstić information content (AvgIpc) is 2.57. The number of carbonyl (C=O) groups is 1. The summed E-state index contributed by atoms with van der Waals surface area (Å²) in [6.45, 7) is 3.21. The molecule has 2 aromatic carbocycles. The number of hydrogen-bond acceptors (Lipinski definition) is 3. The summed E-state index contributed by atoms with van der Waals surface area (Å²) in [5, 5.41) is 0. The van der Waals surface area contributed by atoms with Gasteiger partial charge in [0.2, 0.25) is 0 Å². The fraction of sp³-hybridized carbons (Fsp3) is 0.278. The van der Waals surface area contributed by atoms with Gasteiger partial charge in [0.15, 0.2) is 0 Å². The van der Waals surface area contributed by atoms with Gasteiger partial charge in [0.1, 0.15) is 12.4 Å². The molecule has 23 heavy (non-hydrogen) atoms. The van der Waals surface area contributed by atoms with Crippen molar-refractivity contribution in [1.29, 1.82) is 0 Å². The van der Waals surface area contributed by atoms with Crippen LogP contribution < -0.4 is 10.2 Å². The Hall–Kier alpha value is -2.53. The van der Waals surface area contributed by atoms with Crippen LogP contribution in [0, 0.1) is 6.92 Å². The topological polar surface area (TPSA) is 50.8 Å². The molecule has 0 saturated heterocycles. The van der Waals surface area contributed by atoms with E-state index in [0.29, 0.717) is 19.8 Å². The Balaban J connectivity index is 1.66. The summed E-state index contributed by atoms with van der Waals surface area (Å²) in [6, 6.07) is 17.2. The number of benzene rings is 2. The second kappa shape index (κ2) is 8.80. The predicted molar refractivity (Wildman–Crippen MR) is 89.1 cm³/mol. The lowest BCUT2D eigenvalue weighted by atomic mass is 10.2. The van der Waals surface area contributed by atoms with Gasteiger partial charge in [-0.2, -0.15) is 0 Å². The van der Waals surface area contributed by atoms with E-state index < -0.39 is 0 Å². The first kappa shape index (κ1) is 16.8. The highest BCUT2D eigenvalue weighted by molar-refractivity contribution is 5.72. The van der Waals surface area contributed by atoms with Crippen molar-refractivity contribution >= 4 is 6.03 Å². The summed E-state index contributed by atoms with van der Waals surface area (Å²) in [5.41, 5.74) is 4.50. The van der Waals surface area contributed by atoms with Crippen LogP contribution in [-0.2, 0) is 11.4 Å². The number of carbonyl (C=O) groups excluding carboxylic acids is 1. The van der Waals surface area contributed by atoms with Crippen LogP contribution >= 0.6 is 0 Å². The summed E-state index contributed by atoms with van der Waals surface area (Å²) in [5.74, 6) is 0.835. The molecule has 0 spiro atoms. The molecule has 0 saturated carbocycles. The van der Waals surface area contributed by atoms with E-state index in [0.717, 1.165) is 16.9 Å². The van der Waals surface area contributed by atoms with Crippen molar-refractivity contribution in [2.75, 3.05) is 20.2 Å². The molecular formula is C18H22N2O3. The van der Waals surface area contributed by atoms with Gasteiger partial charge in [0.25, 0.3) is 0 Å². The minimum absolute atomic E-state index is 0.297. The van der Waals surface area contributed by atoms with E-state index in [-0.39, 0.29) is 6.03 Å². The number of hydrogen-bond donors (Lipinski definition) is 1. The van der Waals surface area contributed by atoms with Gasteiger partial charge in [0, 0.05) is 7.05 Å². The zero-order valence-corrected chi connectivity index (χ0v) is 13.5. The summed E-state index contributed by atoms with van der Waals surface area (Å²) >= 11 is 0. The van der Waals surface area contributed by atoms with Crippen LogP contribution in [0.5, 0.6) is 5.75 Å². The van der Waals surface area contributed by atoms with Crippen LogP contribution in [0.4, 0.5) is 4.79 Å². The van der Waals surface area contributed by atoms with Gasteiger partial charge >= 0.3 is 6.03 Å². The van der Waals surface area contributed by atoms with Crippen LogP contribution in [0.2, 0.25) is 0 Å². The van der Waals surface area contributed by atoms with E-state index in [2.05, 4.69) is 5.48 Å². The highest BCUT2D eigenvalue weighted by Gasteiger charge is 2.08. The predicted octanol–water partition coefficient (Wildman–Crippen LogP) is 3.15. The van der Waals surface area contributed by atoms with Crippen LogP contribution in [-0.4, -0.2) is 31.1 Å². The van der Waals surface area contributed by atoms with Crippen molar-refractivity contribution in [2.45, 2.75) is 13.5 Å². The molecule has 5 nitrogen and oxygen atoms in total. The number of rotatable bonds is 7. The SMILES string of the molecule is Cc1ccccc1OCCN(C)C(=O)NOCc1ccccc1. The van der Waals surface area contributed by atoms with Gasteiger partial charge in [-0.1, -0.05) is 48.5 Å². The van der Waals surface area contributed by atoms with Gasteiger partial charge in [0.05, 0.1) is 13.2 Å². The second-order valence-electron chi connectivity index (χ2n) is 5.22. The largest absolute Gasteiger partial charge is 0.491 e. The highest BCUT2D eigenvalue weighted by atomic mass is 16.7. The van der Waals surface area contributed by atoms with Crippen molar-refractivity contribution in [3.05, 3.63) is 65.7 Å². The molecule has 0 heterocycles. The van der Waals surface area contributed by atoms with E-state index in [1.54, 1.807) is 7.05 Å². The standard InChI is InChI=1S/C18H22N2O3/c1-15-8-6-7-11-17(15)22-13-12-20(2)18(21)19-23-14-16-9-4-3-5-10-16/h3-11H,12-14H2,1-2H3,(H,19,21). The summed E-state index contributed by atoms with van der Waals surface area (Å²) in [6.07, 6.45) is 0. The Labute approximate surface area is 136 Å². The number of hydroxylamine groups is 1. The first-order chi connectivity index (χ1) is 11.2. The number of urea groups is 1. The Kier molecular flexibility index (Phi) is 6.44. The molecule has 0 bridgehead atoms. The summed E-state index contributed by atoms with van der Waals surface area (Å²) in [4.78, 5) is 18.6. The number of ether oxygens (including phenoxy) is 1. The van der Waals surface area contributed by atoms with Gasteiger partial charge in [-0.25, -0.2) is 10.3 Å². The molecule has 0 aliphatic rings. The third-order valence-electron chi connectivity index (χ3n) is 3.37. The minimum Gasteiger partial charge on any atom is -0.491 e. The molecule has 0 aliphatic heterocycles. The Morgan fingerprint density at radius 3 is 2.52 bits per heavy atom. The molecule has 2 amide bonds. The van der Waals surface area contributed by atoms with Crippen molar-refractivity contribution in [1.82, 2.24) is 10.4 Å². The number of nitrogens with zero attached hydrogens (tertiary/aromatic N) is 1. The molecule has 122 valence electrons. The van der Waals surface area contributed by atoms with Gasteiger partial charge in [-0.3, -0.25) is 4.84 Å². The molecule has 5 heteroatoms. The Morgan fingerprint density at radius 2 is 1.78 bits per heavy atom. The molecule has 0 aromatic heterocycles. The Bertz CT molecular complexity index is 617. The van der Waals surface area contributed by atoms with Gasteiger partial charge in [-0.05, 0) is 24.1 Å². The molecule has 0 aliphatic carbocycles. The second-order valence-corrected chi connectivity index (χ2v) is 5.22. The summed E-state index contributed by atoms with van der Waals surface area (Å²) < 4.78 is 5.67. The lowest BCUT2D eigenvalue weighted by Crippen LogP contribution is -2.39. The zero-order valence-electron chi connectivity index (χ0n) is 13.5. The molecule has 0 radical (unpaired) electrons. The third-order valence-corrected chi connectivity index (χ3v) is 3.37.